The summed E-state index contributed by atoms with van der Waals surface area (Å²) in [5.41, 5.74) is 0. The molecule has 0 unspecified atom stereocenters. The van der Waals surface area contributed by atoms with Crippen molar-refractivity contribution < 1.29 is 9.47 Å². The molecule has 0 amide bonds. The molecular weight excluding hydrogens is 367 g/mol. The molecule has 0 fully saturated rings. The lowest BCUT2D eigenvalue weighted by molar-refractivity contribution is 0.414. The summed E-state index contributed by atoms with van der Waals surface area (Å²) in [5.74, 6) is 1.77. The lowest BCUT2D eigenvalue weighted by Crippen LogP contribution is -1.94. The second-order valence-electron chi connectivity index (χ2n) is 5.13. The molecule has 0 saturated carbocycles. The molecular formula is C20H19O2PS2. The molecule has 3 rings (SSSR count). The molecule has 0 aliphatic rings. The van der Waals surface area contributed by atoms with Gasteiger partial charge >= 0.3 is 0 Å². The normalized spacial score (nSPS) is 10.7. The van der Waals surface area contributed by atoms with Crippen LogP contribution in [0.4, 0.5) is 0 Å². The zero-order valence-corrected chi connectivity index (χ0v) is 16.6. The molecule has 0 N–H and O–H groups in total. The predicted octanol–water partition coefficient (Wildman–Crippen LogP) is 6.23. The second-order valence-corrected chi connectivity index (χ2v) is 11.4. The highest BCUT2D eigenvalue weighted by Crippen LogP contribution is 2.65. The van der Waals surface area contributed by atoms with Gasteiger partial charge in [-0.15, -0.1) is 0 Å². The van der Waals surface area contributed by atoms with Gasteiger partial charge in [-0.25, -0.2) is 0 Å². The Balaban J connectivity index is 1.81. The van der Waals surface area contributed by atoms with Gasteiger partial charge in [0.2, 0.25) is 0 Å². The SMILES string of the molecule is COc1ccc(SP(Sc2ccc(OC)cc2)c2ccccc2)cc1. The van der Waals surface area contributed by atoms with Crippen LogP contribution >= 0.6 is 29.1 Å². The fourth-order valence-corrected chi connectivity index (χ4v) is 8.94. The zero-order valence-electron chi connectivity index (χ0n) is 14.1. The van der Waals surface area contributed by atoms with Crippen LogP contribution in [0.1, 0.15) is 0 Å². The summed E-state index contributed by atoms with van der Waals surface area (Å²) >= 11 is 3.81. The Bertz CT molecular complexity index is 728. The van der Waals surface area contributed by atoms with Gasteiger partial charge < -0.3 is 9.47 Å². The Morgan fingerprint density at radius 1 is 0.600 bits per heavy atom. The summed E-state index contributed by atoms with van der Waals surface area (Å²) in [7, 11) is 3.39. The van der Waals surface area contributed by atoms with E-state index in [2.05, 4.69) is 54.6 Å². The first-order valence-corrected chi connectivity index (χ1v) is 12.0. The number of methoxy groups -OCH3 is 2. The highest BCUT2D eigenvalue weighted by Gasteiger charge is 2.15. The van der Waals surface area contributed by atoms with Gasteiger partial charge in [-0.05, 0) is 53.8 Å². The van der Waals surface area contributed by atoms with Gasteiger partial charge in [0.1, 0.15) is 11.5 Å². The van der Waals surface area contributed by atoms with E-state index < -0.39 is 6.33 Å². The number of benzene rings is 3. The summed E-state index contributed by atoms with van der Waals surface area (Å²) < 4.78 is 10.5. The summed E-state index contributed by atoms with van der Waals surface area (Å²) in [6, 6.07) is 27.2. The van der Waals surface area contributed by atoms with E-state index in [4.69, 9.17) is 9.47 Å². The molecule has 0 aliphatic carbocycles. The van der Waals surface area contributed by atoms with E-state index in [0.717, 1.165) is 11.5 Å². The first-order chi connectivity index (χ1) is 12.3. The van der Waals surface area contributed by atoms with Crippen molar-refractivity contribution >= 4 is 34.4 Å². The van der Waals surface area contributed by atoms with E-state index >= 15 is 0 Å². The van der Waals surface area contributed by atoms with Crippen LogP contribution in [0.2, 0.25) is 0 Å². The fraction of sp³-hybridized carbons (Fsp3) is 0.100. The average Bonchev–Trinajstić information content (AvgIpc) is 2.69. The molecule has 0 radical (unpaired) electrons. The molecule has 0 spiro atoms. The van der Waals surface area contributed by atoms with Gasteiger partial charge in [-0.2, -0.15) is 0 Å². The van der Waals surface area contributed by atoms with Gasteiger partial charge in [0.25, 0.3) is 0 Å². The predicted molar refractivity (Wildman–Crippen MR) is 111 cm³/mol. The third-order valence-corrected chi connectivity index (χ3v) is 10.3. The van der Waals surface area contributed by atoms with Crippen molar-refractivity contribution in [2.24, 2.45) is 0 Å². The van der Waals surface area contributed by atoms with E-state index in [1.54, 1.807) is 14.2 Å². The van der Waals surface area contributed by atoms with Crippen molar-refractivity contribution in [3.63, 3.8) is 0 Å². The minimum absolute atomic E-state index is 0.484. The van der Waals surface area contributed by atoms with Gasteiger partial charge in [0.05, 0.1) is 20.5 Å². The van der Waals surface area contributed by atoms with Crippen molar-refractivity contribution in [2.45, 2.75) is 9.79 Å². The van der Waals surface area contributed by atoms with E-state index in [0.29, 0.717) is 0 Å². The highest BCUT2D eigenvalue weighted by molar-refractivity contribution is 8.90. The van der Waals surface area contributed by atoms with Crippen LogP contribution in [-0.2, 0) is 0 Å². The summed E-state index contributed by atoms with van der Waals surface area (Å²) in [5, 5.41) is 1.36. The number of hydrogen-bond donors (Lipinski definition) is 0. The Labute approximate surface area is 158 Å². The Hall–Kier alpha value is -1.61. The maximum absolute atomic E-state index is 5.26. The molecule has 0 heterocycles. The minimum atomic E-state index is -0.484. The Morgan fingerprint density at radius 2 is 1.04 bits per heavy atom. The van der Waals surface area contributed by atoms with Gasteiger partial charge in [-0.1, -0.05) is 53.1 Å². The molecule has 0 bridgehead atoms. The minimum Gasteiger partial charge on any atom is -0.497 e. The average molecular weight is 386 g/mol. The zero-order chi connectivity index (χ0) is 17.5. The molecule has 0 atom stereocenters. The van der Waals surface area contributed by atoms with Crippen LogP contribution in [0.15, 0.2) is 88.7 Å². The quantitative estimate of drug-likeness (QED) is 0.448. The topological polar surface area (TPSA) is 18.5 Å². The smallest absolute Gasteiger partial charge is 0.118 e. The first-order valence-electron chi connectivity index (χ1n) is 7.78. The third kappa shape index (κ3) is 5.18. The third-order valence-electron chi connectivity index (χ3n) is 3.46. The number of hydrogen-bond acceptors (Lipinski definition) is 4. The van der Waals surface area contributed by atoms with Crippen LogP contribution in [0.5, 0.6) is 11.5 Å². The monoisotopic (exact) mass is 386 g/mol. The molecule has 2 nitrogen and oxygen atoms in total. The molecule has 25 heavy (non-hydrogen) atoms. The molecule has 128 valence electrons. The number of ether oxygens (including phenoxy) is 2. The van der Waals surface area contributed by atoms with Crippen LogP contribution in [0.25, 0.3) is 0 Å². The standard InChI is InChI=1S/C20H19O2PS2/c1-21-16-8-12-19(13-9-16)24-23(18-6-4-3-5-7-18)25-20-14-10-17(22-2)11-15-20/h3-15H,1-2H3. The Morgan fingerprint density at radius 3 is 1.44 bits per heavy atom. The van der Waals surface area contributed by atoms with Crippen molar-refractivity contribution in [3.8, 4) is 11.5 Å². The van der Waals surface area contributed by atoms with Crippen molar-refractivity contribution in [2.75, 3.05) is 14.2 Å². The van der Waals surface area contributed by atoms with Crippen LogP contribution in [0.3, 0.4) is 0 Å². The first kappa shape index (κ1) is 18.2. The lowest BCUT2D eigenvalue weighted by atomic mass is 10.3. The van der Waals surface area contributed by atoms with Crippen LogP contribution < -0.4 is 14.8 Å². The summed E-state index contributed by atoms with van der Waals surface area (Å²) in [6.07, 6.45) is -0.484. The molecule has 0 aliphatic heterocycles. The summed E-state index contributed by atoms with van der Waals surface area (Å²) in [6.45, 7) is 0. The van der Waals surface area contributed by atoms with Crippen LogP contribution in [-0.4, -0.2) is 14.2 Å². The van der Waals surface area contributed by atoms with Crippen molar-refractivity contribution in [3.05, 3.63) is 78.9 Å². The van der Waals surface area contributed by atoms with Crippen molar-refractivity contribution in [1.29, 1.82) is 0 Å². The van der Waals surface area contributed by atoms with Crippen LogP contribution in [0, 0.1) is 0 Å². The summed E-state index contributed by atoms with van der Waals surface area (Å²) in [4.78, 5) is 2.49. The fourth-order valence-electron chi connectivity index (χ4n) is 2.14. The Kier molecular flexibility index (Phi) is 6.69. The van der Waals surface area contributed by atoms with E-state index in [-0.39, 0.29) is 0 Å². The van der Waals surface area contributed by atoms with E-state index in [9.17, 15) is 0 Å². The maximum atomic E-state index is 5.26. The highest BCUT2D eigenvalue weighted by atomic mass is 33.1. The van der Waals surface area contributed by atoms with E-state index in [1.807, 2.05) is 47.0 Å². The molecule has 0 saturated heterocycles. The van der Waals surface area contributed by atoms with Gasteiger partial charge in [0, 0.05) is 9.79 Å². The lowest BCUT2D eigenvalue weighted by Gasteiger charge is -2.17. The maximum Gasteiger partial charge on any atom is 0.118 e. The van der Waals surface area contributed by atoms with E-state index in [1.165, 1.54) is 15.1 Å². The number of rotatable bonds is 7. The second kappa shape index (κ2) is 9.19. The van der Waals surface area contributed by atoms with Crippen molar-refractivity contribution in [1.82, 2.24) is 0 Å². The molecule has 0 aromatic heterocycles. The van der Waals surface area contributed by atoms with Gasteiger partial charge in [-0.3, -0.25) is 0 Å². The largest absolute Gasteiger partial charge is 0.497 e. The molecule has 5 heteroatoms. The molecule has 3 aromatic rings. The molecule has 3 aromatic carbocycles. The van der Waals surface area contributed by atoms with Gasteiger partial charge in [0.15, 0.2) is 0 Å².